The van der Waals surface area contributed by atoms with Gasteiger partial charge in [-0.25, -0.2) is 4.79 Å². The lowest BCUT2D eigenvalue weighted by Gasteiger charge is -2.10. The monoisotopic (exact) mass is 334 g/mol. The second-order valence-electron chi connectivity index (χ2n) is 7.23. The summed E-state index contributed by atoms with van der Waals surface area (Å²) in [5, 5.41) is 10.7. The van der Waals surface area contributed by atoms with Gasteiger partial charge in [0.1, 0.15) is 0 Å². The fraction of sp³-hybridized carbons (Fsp3) is 0.333. The number of fused-ring (bicyclic) bond motifs is 1. The number of benzene rings is 1. The summed E-state index contributed by atoms with van der Waals surface area (Å²) in [5.41, 5.74) is 4.33. The van der Waals surface area contributed by atoms with Crippen molar-refractivity contribution in [3.63, 3.8) is 0 Å². The van der Waals surface area contributed by atoms with Gasteiger partial charge in [0.2, 0.25) is 0 Å². The molecule has 0 radical (unpaired) electrons. The van der Waals surface area contributed by atoms with Crippen molar-refractivity contribution >= 4 is 16.9 Å². The standard InChI is InChI=1S/C21H22N2O2/c1-13(2)23-8-7-16-9-14(3-6-20(16)23)10-19-18(21(24)25)11-17(12-22-19)15-4-5-15/h3,6-9,11-13,15H,4-5,10H2,1-2H3,(H,24,25). The molecule has 0 bridgehead atoms. The summed E-state index contributed by atoms with van der Waals surface area (Å²) in [5.74, 6) is -0.385. The fourth-order valence-corrected chi connectivity index (χ4v) is 3.44. The van der Waals surface area contributed by atoms with Gasteiger partial charge >= 0.3 is 5.97 Å². The summed E-state index contributed by atoms with van der Waals surface area (Å²) in [6, 6.07) is 10.7. The Balaban J connectivity index is 1.67. The zero-order valence-electron chi connectivity index (χ0n) is 14.6. The Bertz CT molecular complexity index is 952. The molecule has 4 heteroatoms. The molecule has 1 saturated carbocycles. The van der Waals surface area contributed by atoms with Crippen LogP contribution >= 0.6 is 0 Å². The van der Waals surface area contributed by atoms with Crippen molar-refractivity contribution in [2.45, 2.75) is 45.1 Å². The second kappa shape index (κ2) is 6.03. The lowest BCUT2D eigenvalue weighted by Crippen LogP contribution is -2.07. The molecule has 25 heavy (non-hydrogen) atoms. The van der Waals surface area contributed by atoms with E-state index in [1.54, 1.807) is 0 Å². The Morgan fingerprint density at radius 3 is 2.76 bits per heavy atom. The van der Waals surface area contributed by atoms with Gasteiger partial charge in [0.15, 0.2) is 0 Å². The van der Waals surface area contributed by atoms with Crippen molar-refractivity contribution in [3.05, 3.63) is 65.1 Å². The minimum absolute atomic E-state index is 0.337. The number of pyridine rings is 1. The van der Waals surface area contributed by atoms with Crippen LogP contribution in [-0.4, -0.2) is 20.6 Å². The van der Waals surface area contributed by atoms with E-state index in [1.807, 2.05) is 12.3 Å². The van der Waals surface area contributed by atoms with Crippen molar-refractivity contribution in [3.8, 4) is 0 Å². The second-order valence-corrected chi connectivity index (χ2v) is 7.23. The van der Waals surface area contributed by atoms with Gasteiger partial charge in [0, 0.05) is 30.4 Å². The lowest BCUT2D eigenvalue weighted by molar-refractivity contribution is 0.0695. The van der Waals surface area contributed by atoms with Crippen LogP contribution in [0, 0.1) is 0 Å². The third-order valence-corrected chi connectivity index (χ3v) is 4.98. The number of aromatic carboxylic acids is 1. The minimum atomic E-state index is -0.892. The van der Waals surface area contributed by atoms with E-state index in [1.165, 1.54) is 10.9 Å². The molecule has 4 nitrogen and oxygen atoms in total. The van der Waals surface area contributed by atoms with E-state index < -0.39 is 5.97 Å². The largest absolute Gasteiger partial charge is 0.478 e. The summed E-state index contributed by atoms with van der Waals surface area (Å²) in [6.45, 7) is 4.33. The van der Waals surface area contributed by atoms with Gasteiger partial charge in [-0.2, -0.15) is 0 Å². The van der Waals surface area contributed by atoms with Crippen LogP contribution in [0.15, 0.2) is 42.7 Å². The van der Waals surface area contributed by atoms with Crippen LogP contribution in [0.25, 0.3) is 10.9 Å². The predicted octanol–water partition coefficient (Wildman–Crippen LogP) is 4.78. The first-order chi connectivity index (χ1) is 12.0. The SMILES string of the molecule is CC(C)n1ccc2cc(Cc3ncc(C4CC4)cc3C(=O)O)ccc21. The Labute approximate surface area is 147 Å². The fourth-order valence-electron chi connectivity index (χ4n) is 3.44. The normalized spacial score (nSPS) is 14.4. The van der Waals surface area contributed by atoms with Crippen molar-refractivity contribution in [1.29, 1.82) is 0 Å². The van der Waals surface area contributed by atoms with Gasteiger partial charge in [0.25, 0.3) is 0 Å². The third kappa shape index (κ3) is 3.04. The summed E-state index contributed by atoms with van der Waals surface area (Å²) in [4.78, 5) is 16.1. The zero-order valence-corrected chi connectivity index (χ0v) is 14.6. The number of carboxylic acids is 1. The number of nitrogens with zero attached hydrogens (tertiary/aromatic N) is 2. The van der Waals surface area contributed by atoms with E-state index in [-0.39, 0.29) is 0 Å². The summed E-state index contributed by atoms with van der Waals surface area (Å²) in [7, 11) is 0. The van der Waals surface area contributed by atoms with Crippen LogP contribution in [0.3, 0.4) is 0 Å². The van der Waals surface area contributed by atoms with Crippen molar-refractivity contribution in [2.75, 3.05) is 0 Å². The van der Waals surface area contributed by atoms with Crippen molar-refractivity contribution in [2.24, 2.45) is 0 Å². The maximum Gasteiger partial charge on any atom is 0.337 e. The molecule has 0 atom stereocenters. The van der Waals surface area contributed by atoms with Crippen LogP contribution in [0.2, 0.25) is 0 Å². The topological polar surface area (TPSA) is 55.1 Å². The maximum absolute atomic E-state index is 11.7. The Morgan fingerprint density at radius 1 is 1.28 bits per heavy atom. The summed E-state index contributed by atoms with van der Waals surface area (Å²) >= 11 is 0. The van der Waals surface area contributed by atoms with E-state index in [9.17, 15) is 9.90 Å². The number of aromatic nitrogens is 2. The molecule has 2 heterocycles. The summed E-state index contributed by atoms with van der Waals surface area (Å²) < 4.78 is 2.24. The lowest BCUT2D eigenvalue weighted by atomic mass is 10.0. The molecule has 0 saturated heterocycles. The van der Waals surface area contributed by atoms with Gasteiger partial charge in [0.05, 0.1) is 11.3 Å². The minimum Gasteiger partial charge on any atom is -0.478 e. The average Bonchev–Trinajstić information content (AvgIpc) is 3.34. The molecule has 128 valence electrons. The average molecular weight is 334 g/mol. The molecule has 0 amide bonds. The quantitative estimate of drug-likeness (QED) is 0.730. The highest BCUT2D eigenvalue weighted by Gasteiger charge is 2.25. The first kappa shape index (κ1) is 15.9. The van der Waals surface area contributed by atoms with Crippen LogP contribution in [0.4, 0.5) is 0 Å². The van der Waals surface area contributed by atoms with Crippen LogP contribution in [0.1, 0.15) is 65.8 Å². The van der Waals surface area contributed by atoms with Crippen molar-refractivity contribution < 1.29 is 9.90 Å². The van der Waals surface area contributed by atoms with Gasteiger partial charge in [-0.1, -0.05) is 6.07 Å². The highest BCUT2D eigenvalue weighted by atomic mass is 16.4. The van der Waals surface area contributed by atoms with Crippen LogP contribution < -0.4 is 0 Å². The van der Waals surface area contributed by atoms with E-state index in [2.05, 4.69) is 53.9 Å². The first-order valence-electron chi connectivity index (χ1n) is 8.84. The number of hydrogen-bond acceptors (Lipinski definition) is 2. The van der Waals surface area contributed by atoms with Crippen LogP contribution in [0.5, 0.6) is 0 Å². The van der Waals surface area contributed by atoms with Gasteiger partial charge in [-0.05, 0) is 73.4 Å². The molecule has 0 spiro atoms. The Morgan fingerprint density at radius 2 is 2.08 bits per heavy atom. The predicted molar refractivity (Wildman–Crippen MR) is 98.3 cm³/mol. The van der Waals surface area contributed by atoms with E-state index in [0.717, 1.165) is 24.0 Å². The molecule has 1 N–H and O–H groups in total. The molecular formula is C21H22N2O2. The number of carboxylic acid groups (broad SMARTS) is 1. The molecule has 4 rings (SSSR count). The Hall–Kier alpha value is -2.62. The molecule has 1 aromatic carbocycles. The number of carbonyl (C=O) groups is 1. The van der Waals surface area contributed by atoms with Crippen LogP contribution in [-0.2, 0) is 6.42 Å². The molecule has 2 aromatic heterocycles. The number of hydrogen-bond donors (Lipinski definition) is 1. The van der Waals surface area contributed by atoms with E-state index in [0.29, 0.717) is 29.6 Å². The molecule has 1 fully saturated rings. The van der Waals surface area contributed by atoms with Gasteiger partial charge in [-0.15, -0.1) is 0 Å². The number of rotatable bonds is 5. The van der Waals surface area contributed by atoms with E-state index >= 15 is 0 Å². The molecule has 1 aliphatic carbocycles. The smallest absolute Gasteiger partial charge is 0.337 e. The van der Waals surface area contributed by atoms with E-state index in [4.69, 9.17) is 0 Å². The van der Waals surface area contributed by atoms with Gasteiger partial charge in [-0.3, -0.25) is 4.98 Å². The zero-order chi connectivity index (χ0) is 17.6. The molecule has 0 unspecified atom stereocenters. The van der Waals surface area contributed by atoms with Crippen molar-refractivity contribution in [1.82, 2.24) is 9.55 Å². The highest BCUT2D eigenvalue weighted by Crippen LogP contribution is 2.40. The molecular weight excluding hydrogens is 312 g/mol. The first-order valence-corrected chi connectivity index (χ1v) is 8.84. The molecule has 1 aliphatic rings. The third-order valence-electron chi connectivity index (χ3n) is 4.98. The Kier molecular flexibility index (Phi) is 3.83. The van der Waals surface area contributed by atoms with Gasteiger partial charge < -0.3 is 9.67 Å². The highest BCUT2D eigenvalue weighted by molar-refractivity contribution is 5.89. The molecule has 3 aromatic rings. The maximum atomic E-state index is 11.7. The summed E-state index contributed by atoms with van der Waals surface area (Å²) in [6.07, 6.45) is 6.78. The molecule has 0 aliphatic heterocycles.